The van der Waals surface area contributed by atoms with Crippen molar-refractivity contribution in [2.75, 3.05) is 43.1 Å². The maximum atomic E-state index is 11.6. The fraction of sp³-hybridized carbons (Fsp3) is 0.478. The number of hydrogen-bond donors (Lipinski definition) is 2. The van der Waals surface area contributed by atoms with Crippen LogP contribution in [0.4, 0.5) is 21.9 Å². The van der Waals surface area contributed by atoms with Gasteiger partial charge in [-0.05, 0) is 49.6 Å². The zero-order valence-corrected chi connectivity index (χ0v) is 17.9. The number of amides is 1. The number of nitrogens with zero attached hydrogens (tertiary/aromatic N) is 3. The fourth-order valence-corrected chi connectivity index (χ4v) is 5.17. The van der Waals surface area contributed by atoms with E-state index in [-0.39, 0.29) is 5.92 Å². The fourth-order valence-electron chi connectivity index (χ4n) is 5.17. The molecule has 2 N–H and O–H groups in total. The maximum absolute atomic E-state index is 11.6. The molecule has 4 heterocycles. The Hall–Kier alpha value is -3.00. The molecule has 2 aromatic rings. The summed E-state index contributed by atoms with van der Waals surface area (Å²) in [5.41, 5.74) is 6.40. The van der Waals surface area contributed by atoms with Crippen LogP contribution in [0.5, 0.6) is 5.88 Å². The smallest absolute Gasteiger partial charge is 0.407 e. The molecular formula is C23H28N4O4. The van der Waals surface area contributed by atoms with Gasteiger partial charge in [0.1, 0.15) is 5.69 Å². The molecule has 1 fully saturated rings. The molecule has 0 aliphatic carbocycles. The molecule has 0 spiro atoms. The van der Waals surface area contributed by atoms with Crippen LogP contribution >= 0.6 is 0 Å². The third-order valence-electron chi connectivity index (χ3n) is 6.43. The Morgan fingerprint density at radius 1 is 1.35 bits per heavy atom. The van der Waals surface area contributed by atoms with Crippen molar-refractivity contribution in [1.82, 2.24) is 9.88 Å². The number of aryl methyl sites for hydroxylation is 1. The molecule has 8 heteroatoms. The Morgan fingerprint density at radius 3 is 3.03 bits per heavy atom. The number of anilines is 3. The summed E-state index contributed by atoms with van der Waals surface area (Å²) in [6.07, 6.45) is 1.80. The van der Waals surface area contributed by atoms with E-state index in [0.29, 0.717) is 44.8 Å². The van der Waals surface area contributed by atoms with Gasteiger partial charge in [-0.25, -0.2) is 9.78 Å². The zero-order valence-electron chi connectivity index (χ0n) is 17.9. The van der Waals surface area contributed by atoms with E-state index < -0.39 is 6.09 Å². The molecule has 8 nitrogen and oxygen atoms in total. The largest absolute Gasteiger partial charge is 0.476 e. The third-order valence-corrected chi connectivity index (χ3v) is 6.43. The van der Waals surface area contributed by atoms with Gasteiger partial charge in [-0.1, -0.05) is 0 Å². The first-order valence-corrected chi connectivity index (χ1v) is 10.9. The molecule has 1 saturated heterocycles. The van der Waals surface area contributed by atoms with Crippen LogP contribution in [0.25, 0.3) is 0 Å². The second kappa shape index (κ2) is 7.92. The summed E-state index contributed by atoms with van der Waals surface area (Å²) in [6.45, 7) is 7.67. The van der Waals surface area contributed by atoms with Crippen molar-refractivity contribution in [3.05, 3.63) is 41.1 Å². The lowest BCUT2D eigenvalue weighted by atomic mass is 9.88. The van der Waals surface area contributed by atoms with E-state index in [2.05, 4.69) is 27.3 Å². The molecule has 164 valence electrons. The number of nitrogens with one attached hydrogen (secondary N) is 1. The highest BCUT2D eigenvalue weighted by atomic mass is 16.5. The predicted octanol–water partition coefficient (Wildman–Crippen LogP) is 3.72. The summed E-state index contributed by atoms with van der Waals surface area (Å²) < 4.78 is 11.6. The van der Waals surface area contributed by atoms with E-state index in [4.69, 9.17) is 9.47 Å². The lowest BCUT2D eigenvalue weighted by Crippen LogP contribution is -2.48. The van der Waals surface area contributed by atoms with Gasteiger partial charge in [-0.3, -0.25) is 0 Å². The maximum Gasteiger partial charge on any atom is 0.407 e. The first-order chi connectivity index (χ1) is 15.0. The Bertz CT molecular complexity index is 1010. The van der Waals surface area contributed by atoms with E-state index in [0.717, 1.165) is 35.5 Å². The predicted molar refractivity (Wildman–Crippen MR) is 118 cm³/mol. The quantitative estimate of drug-likeness (QED) is 0.773. The van der Waals surface area contributed by atoms with Crippen molar-refractivity contribution in [2.24, 2.45) is 0 Å². The number of rotatable bonds is 4. The van der Waals surface area contributed by atoms with E-state index >= 15 is 0 Å². The summed E-state index contributed by atoms with van der Waals surface area (Å²) in [5.74, 6) is 0.741. The normalized spacial score (nSPS) is 21.9. The van der Waals surface area contributed by atoms with Gasteiger partial charge < -0.3 is 29.7 Å². The van der Waals surface area contributed by atoms with Crippen LogP contribution in [0.3, 0.4) is 0 Å². The number of carboxylic acid groups (broad SMARTS) is 1. The van der Waals surface area contributed by atoms with Crippen LogP contribution in [-0.4, -0.2) is 60.0 Å². The average molecular weight is 425 g/mol. The van der Waals surface area contributed by atoms with E-state index in [9.17, 15) is 9.90 Å². The first-order valence-electron chi connectivity index (χ1n) is 10.9. The van der Waals surface area contributed by atoms with Crippen molar-refractivity contribution in [3.8, 4) is 5.88 Å². The Labute approximate surface area is 181 Å². The van der Waals surface area contributed by atoms with E-state index in [1.165, 1.54) is 11.3 Å². The first kappa shape index (κ1) is 19.9. The minimum absolute atomic E-state index is 0.167. The van der Waals surface area contributed by atoms with Crippen molar-refractivity contribution < 1.29 is 19.4 Å². The minimum Gasteiger partial charge on any atom is -0.476 e. The number of pyridine rings is 1. The molecule has 0 radical (unpaired) electrons. The SMILES string of the molecule is CCOc1ncc(C)cc1Nc1cc2c3c(c1)[C@@H]1CN(C(=O)O)CC[C@@H]1N3CCOC2. The van der Waals surface area contributed by atoms with Gasteiger partial charge in [0.25, 0.3) is 0 Å². The number of hydrogen-bond acceptors (Lipinski definition) is 6. The number of benzene rings is 1. The van der Waals surface area contributed by atoms with Crippen LogP contribution in [0.15, 0.2) is 24.4 Å². The molecule has 0 bridgehead atoms. The van der Waals surface area contributed by atoms with Crippen LogP contribution in [-0.2, 0) is 11.3 Å². The summed E-state index contributed by atoms with van der Waals surface area (Å²) in [4.78, 5) is 20.1. The molecule has 1 aromatic carbocycles. The second-order valence-electron chi connectivity index (χ2n) is 8.43. The topological polar surface area (TPSA) is 87.2 Å². The number of ether oxygens (including phenoxy) is 2. The van der Waals surface area contributed by atoms with Crippen molar-refractivity contribution in [2.45, 2.75) is 38.8 Å². The van der Waals surface area contributed by atoms with E-state index in [1.807, 2.05) is 19.9 Å². The summed E-state index contributed by atoms with van der Waals surface area (Å²) in [5, 5.41) is 13.1. The van der Waals surface area contributed by atoms with Gasteiger partial charge in [0.2, 0.25) is 5.88 Å². The second-order valence-corrected chi connectivity index (χ2v) is 8.43. The number of carbonyl (C=O) groups is 1. The molecule has 1 amide bonds. The molecule has 5 rings (SSSR count). The lowest BCUT2D eigenvalue weighted by Gasteiger charge is -2.37. The summed E-state index contributed by atoms with van der Waals surface area (Å²) in [7, 11) is 0. The summed E-state index contributed by atoms with van der Waals surface area (Å²) >= 11 is 0. The number of fused-ring (bicyclic) bond motifs is 3. The Kier molecular flexibility index (Phi) is 5.09. The van der Waals surface area contributed by atoms with Crippen LogP contribution < -0.4 is 15.0 Å². The highest BCUT2D eigenvalue weighted by Crippen LogP contribution is 2.49. The molecular weight excluding hydrogens is 396 g/mol. The van der Waals surface area contributed by atoms with Crippen LogP contribution in [0.1, 0.15) is 36.0 Å². The molecule has 1 aromatic heterocycles. The van der Waals surface area contributed by atoms with Gasteiger partial charge in [0, 0.05) is 54.7 Å². The monoisotopic (exact) mass is 424 g/mol. The van der Waals surface area contributed by atoms with Crippen molar-refractivity contribution in [3.63, 3.8) is 0 Å². The van der Waals surface area contributed by atoms with Gasteiger partial charge >= 0.3 is 6.09 Å². The Balaban J connectivity index is 1.55. The molecule has 0 saturated carbocycles. The standard InChI is InChI=1S/C23H28N4O4/c1-3-31-22-19(8-14(2)11-24-22)25-16-9-15-13-30-7-6-27-20-4-5-26(23(28)29)12-18(20)17(10-16)21(15)27/h8-11,18,20,25H,3-7,12-13H2,1-2H3,(H,28,29)/t18-,20-/m0/s1. The minimum atomic E-state index is -0.837. The van der Waals surface area contributed by atoms with Crippen molar-refractivity contribution >= 4 is 23.2 Å². The van der Waals surface area contributed by atoms with Gasteiger partial charge in [-0.15, -0.1) is 0 Å². The molecule has 0 unspecified atom stereocenters. The van der Waals surface area contributed by atoms with Crippen LogP contribution in [0, 0.1) is 6.92 Å². The average Bonchev–Trinajstić information content (AvgIpc) is 2.90. The molecule has 3 aliphatic rings. The van der Waals surface area contributed by atoms with Gasteiger partial charge in [-0.2, -0.15) is 0 Å². The van der Waals surface area contributed by atoms with Crippen molar-refractivity contribution in [1.29, 1.82) is 0 Å². The Morgan fingerprint density at radius 2 is 2.23 bits per heavy atom. The highest BCUT2D eigenvalue weighted by molar-refractivity contribution is 5.76. The highest BCUT2D eigenvalue weighted by Gasteiger charge is 2.44. The molecule has 31 heavy (non-hydrogen) atoms. The van der Waals surface area contributed by atoms with E-state index in [1.54, 1.807) is 11.1 Å². The summed E-state index contributed by atoms with van der Waals surface area (Å²) in [6, 6.07) is 6.66. The third kappa shape index (κ3) is 3.54. The number of likely N-dealkylation sites (tertiary alicyclic amines) is 1. The van der Waals surface area contributed by atoms with Gasteiger partial charge in [0.15, 0.2) is 0 Å². The number of aromatic nitrogens is 1. The zero-order chi connectivity index (χ0) is 21.5. The lowest BCUT2D eigenvalue weighted by molar-refractivity contribution is 0.120. The molecule has 2 atom stereocenters. The van der Waals surface area contributed by atoms with Gasteiger partial charge in [0.05, 0.1) is 19.8 Å². The molecule has 3 aliphatic heterocycles. The van der Waals surface area contributed by atoms with Crippen LogP contribution in [0.2, 0.25) is 0 Å². The number of piperidine rings is 1.